The van der Waals surface area contributed by atoms with Gasteiger partial charge in [0, 0.05) is 10.6 Å². The van der Waals surface area contributed by atoms with Crippen molar-refractivity contribution >= 4 is 35.1 Å². The van der Waals surface area contributed by atoms with Crippen LogP contribution in [0.1, 0.15) is 11.1 Å². The number of nitrogens with two attached hydrogens (primary N) is 1. The van der Waals surface area contributed by atoms with Crippen molar-refractivity contribution in [2.24, 2.45) is 15.9 Å². The average molecular weight is 406 g/mol. The van der Waals surface area contributed by atoms with E-state index in [0.29, 0.717) is 17.5 Å². The molecule has 1 aliphatic rings. The van der Waals surface area contributed by atoms with Gasteiger partial charge in [-0.25, -0.2) is 20.9 Å². The molecule has 0 amide bonds. The Bertz CT molecular complexity index is 1050. The predicted octanol–water partition coefficient (Wildman–Crippen LogP) is 4.57. The van der Waals surface area contributed by atoms with E-state index in [-0.39, 0.29) is 0 Å². The Labute approximate surface area is 174 Å². The van der Waals surface area contributed by atoms with Crippen LogP contribution < -0.4 is 15.6 Å². The minimum Gasteiger partial charge on any atom is -0.497 e. The normalized spacial score (nSPS) is 12.8. The number of nitrogens with zero attached hydrogens (tertiary/aromatic N) is 4. The van der Waals surface area contributed by atoms with Gasteiger partial charge in [0.2, 0.25) is 5.96 Å². The summed E-state index contributed by atoms with van der Waals surface area (Å²) in [6.07, 6.45) is 1.80. The van der Waals surface area contributed by atoms with Gasteiger partial charge in [0.25, 0.3) is 0 Å². The van der Waals surface area contributed by atoms with E-state index in [1.54, 1.807) is 30.5 Å². The second-order valence-electron chi connectivity index (χ2n) is 6.47. The molecule has 7 heteroatoms. The molecule has 0 aromatic heterocycles. The van der Waals surface area contributed by atoms with Crippen LogP contribution in [0.4, 0.5) is 11.4 Å². The largest absolute Gasteiger partial charge is 0.497 e. The highest BCUT2D eigenvalue weighted by atomic mass is 35.5. The van der Waals surface area contributed by atoms with Crippen molar-refractivity contribution in [2.45, 2.75) is 6.54 Å². The topological polar surface area (TPSA) is 66.5 Å². The lowest BCUT2D eigenvalue weighted by molar-refractivity contribution is 0.412. The van der Waals surface area contributed by atoms with E-state index < -0.39 is 0 Å². The summed E-state index contributed by atoms with van der Waals surface area (Å²) in [7, 11) is 1.65. The lowest BCUT2D eigenvalue weighted by atomic mass is 10.2. The molecule has 0 saturated carbocycles. The first-order valence-corrected chi connectivity index (χ1v) is 9.44. The van der Waals surface area contributed by atoms with Crippen LogP contribution >= 0.6 is 11.6 Å². The third-order valence-corrected chi connectivity index (χ3v) is 4.79. The Morgan fingerprint density at radius 2 is 1.72 bits per heavy atom. The zero-order valence-corrected chi connectivity index (χ0v) is 16.6. The van der Waals surface area contributed by atoms with Crippen LogP contribution in [0.3, 0.4) is 0 Å². The van der Waals surface area contributed by atoms with Gasteiger partial charge >= 0.3 is 0 Å². The molecule has 4 rings (SSSR count). The van der Waals surface area contributed by atoms with Crippen molar-refractivity contribution in [1.82, 2.24) is 5.01 Å². The Balaban J connectivity index is 1.72. The lowest BCUT2D eigenvalue weighted by Crippen LogP contribution is -2.46. The molecule has 3 aromatic rings. The zero-order chi connectivity index (χ0) is 20.2. The number of ether oxygens (including phenoxy) is 1. The number of benzene rings is 3. The monoisotopic (exact) mass is 405 g/mol. The van der Waals surface area contributed by atoms with Crippen LogP contribution in [0.25, 0.3) is 0 Å². The molecule has 3 aromatic carbocycles. The fraction of sp³-hybridized carbons (Fsp3) is 0.0909. The fourth-order valence-corrected chi connectivity index (χ4v) is 3.08. The van der Waals surface area contributed by atoms with Crippen molar-refractivity contribution in [2.75, 3.05) is 12.1 Å². The molecule has 2 N–H and O–H groups in total. The number of guanidine groups is 1. The second kappa shape index (κ2) is 8.34. The first-order valence-electron chi connectivity index (χ1n) is 9.06. The smallest absolute Gasteiger partial charge is 0.242 e. The van der Waals surface area contributed by atoms with E-state index in [9.17, 15) is 0 Å². The molecule has 0 unspecified atom stereocenters. The maximum atomic E-state index is 6.46. The molecule has 6 nitrogen and oxygen atoms in total. The van der Waals surface area contributed by atoms with Crippen molar-refractivity contribution in [3.8, 4) is 5.75 Å². The minimum atomic E-state index is 0.495. The van der Waals surface area contributed by atoms with Gasteiger partial charge in [-0.2, -0.15) is 5.10 Å². The average Bonchev–Trinajstić information content (AvgIpc) is 2.94. The number of hydrazine groups is 1. The fourth-order valence-electron chi connectivity index (χ4n) is 2.96. The van der Waals surface area contributed by atoms with Crippen molar-refractivity contribution in [3.63, 3.8) is 0 Å². The predicted molar refractivity (Wildman–Crippen MR) is 118 cm³/mol. The Morgan fingerprint density at radius 1 is 1.00 bits per heavy atom. The van der Waals surface area contributed by atoms with Crippen molar-refractivity contribution in [3.05, 3.63) is 88.9 Å². The van der Waals surface area contributed by atoms with Crippen LogP contribution in [0, 0.1) is 0 Å². The van der Waals surface area contributed by atoms with Crippen LogP contribution in [-0.4, -0.2) is 24.3 Å². The Hall–Kier alpha value is -3.35. The highest BCUT2D eigenvalue weighted by Gasteiger charge is 2.21. The molecule has 146 valence electrons. The van der Waals surface area contributed by atoms with E-state index in [1.807, 2.05) is 60.7 Å². The van der Waals surface area contributed by atoms with Gasteiger partial charge in [-0.1, -0.05) is 41.9 Å². The number of anilines is 1. The molecular formula is C22H20ClN5O. The number of hydrogen-bond donors (Lipinski definition) is 1. The first-order chi connectivity index (χ1) is 14.1. The van der Waals surface area contributed by atoms with E-state index in [4.69, 9.17) is 27.2 Å². The summed E-state index contributed by atoms with van der Waals surface area (Å²) in [4.78, 5) is 4.81. The molecule has 0 aliphatic carbocycles. The number of halogens is 1. The Kier molecular flexibility index (Phi) is 5.46. The SMILES string of the molecule is COc1ccc(CN2N=Cc3ccccc3N=C2N(N)c2ccc(Cl)cc2)cc1. The second-order valence-corrected chi connectivity index (χ2v) is 6.90. The molecule has 0 atom stereocenters. The van der Waals surface area contributed by atoms with Gasteiger partial charge < -0.3 is 4.74 Å². The molecule has 0 spiro atoms. The quantitative estimate of drug-likeness (QED) is 0.510. The highest BCUT2D eigenvalue weighted by Crippen LogP contribution is 2.25. The number of para-hydroxylation sites is 1. The molecule has 0 saturated heterocycles. The molecule has 0 radical (unpaired) electrons. The first kappa shape index (κ1) is 19.0. The van der Waals surface area contributed by atoms with Crippen molar-refractivity contribution < 1.29 is 4.74 Å². The van der Waals surface area contributed by atoms with E-state index in [1.165, 1.54) is 5.01 Å². The van der Waals surface area contributed by atoms with Crippen LogP contribution in [0.5, 0.6) is 5.75 Å². The van der Waals surface area contributed by atoms with Gasteiger partial charge in [0.1, 0.15) is 5.75 Å². The Morgan fingerprint density at radius 3 is 2.45 bits per heavy atom. The number of rotatable bonds is 4. The molecular weight excluding hydrogens is 386 g/mol. The third kappa shape index (κ3) is 4.23. The van der Waals surface area contributed by atoms with Crippen LogP contribution in [-0.2, 0) is 6.54 Å². The lowest BCUT2D eigenvalue weighted by Gasteiger charge is -2.27. The summed E-state index contributed by atoms with van der Waals surface area (Å²) in [6.45, 7) is 0.495. The molecule has 0 bridgehead atoms. The maximum absolute atomic E-state index is 6.46. The van der Waals surface area contributed by atoms with E-state index >= 15 is 0 Å². The maximum Gasteiger partial charge on any atom is 0.242 e. The summed E-state index contributed by atoms with van der Waals surface area (Å²) >= 11 is 6.02. The van der Waals surface area contributed by atoms with Gasteiger partial charge in [-0.05, 0) is 48.0 Å². The van der Waals surface area contributed by atoms with Crippen molar-refractivity contribution in [1.29, 1.82) is 0 Å². The number of aliphatic imine (C=N–C) groups is 1. The molecule has 0 fully saturated rings. The summed E-state index contributed by atoms with van der Waals surface area (Å²) < 4.78 is 5.24. The summed E-state index contributed by atoms with van der Waals surface area (Å²) in [5.74, 6) is 7.77. The van der Waals surface area contributed by atoms with E-state index in [2.05, 4.69) is 5.10 Å². The molecule has 1 aliphatic heterocycles. The number of hydrogen-bond acceptors (Lipinski definition) is 6. The number of methoxy groups -OCH3 is 1. The van der Waals surface area contributed by atoms with Gasteiger partial charge in [0.05, 0.1) is 31.2 Å². The highest BCUT2D eigenvalue weighted by molar-refractivity contribution is 6.30. The standard InChI is InChI=1S/C22H20ClN5O/c1-29-20-12-6-16(7-13-20)15-27-22(28(24)19-10-8-18(23)9-11-19)26-21-5-3-2-4-17(21)14-25-27/h2-14H,15,24H2,1H3. The summed E-state index contributed by atoms with van der Waals surface area (Å²) in [5, 5.41) is 8.58. The summed E-state index contributed by atoms with van der Waals surface area (Å²) in [5.41, 5.74) is 3.52. The molecule has 29 heavy (non-hydrogen) atoms. The van der Waals surface area contributed by atoms with Gasteiger partial charge in [-0.3, -0.25) is 0 Å². The molecule has 1 heterocycles. The number of fused-ring (bicyclic) bond motifs is 1. The van der Waals surface area contributed by atoms with E-state index in [0.717, 1.165) is 28.3 Å². The van der Waals surface area contributed by atoms with Crippen LogP contribution in [0.2, 0.25) is 5.02 Å². The third-order valence-electron chi connectivity index (χ3n) is 4.54. The number of hydrazone groups is 1. The van der Waals surface area contributed by atoms with Gasteiger partial charge in [-0.15, -0.1) is 0 Å². The minimum absolute atomic E-state index is 0.495. The zero-order valence-electron chi connectivity index (χ0n) is 15.9. The summed E-state index contributed by atoms with van der Waals surface area (Å²) in [6, 6.07) is 22.9. The van der Waals surface area contributed by atoms with Crippen LogP contribution in [0.15, 0.2) is 82.9 Å². The van der Waals surface area contributed by atoms with Gasteiger partial charge in [0.15, 0.2) is 0 Å².